The zero-order valence-corrected chi connectivity index (χ0v) is 12.8. The number of amides is 1. The van der Waals surface area contributed by atoms with Crippen molar-refractivity contribution in [1.82, 2.24) is 5.32 Å². The van der Waals surface area contributed by atoms with E-state index >= 15 is 0 Å². The van der Waals surface area contributed by atoms with Gasteiger partial charge in [-0.2, -0.15) is 0 Å². The summed E-state index contributed by atoms with van der Waals surface area (Å²) >= 11 is 0. The van der Waals surface area contributed by atoms with Gasteiger partial charge in [-0.25, -0.2) is 0 Å². The van der Waals surface area contributed by atoms with Crippen LogP contribution in [0.2, 0.25) is 0 Å². The molecule has 2 heteroatoms. The second-order valence-electron chi connectivity index (χ2n) is 5.39. The van der Waals surface area contributed by atoms with Crippen LogP contribution in [0.3, 0.4) is 0 Å². The molecule has 2 aromatic carbocycles. The smallest absolute Gasteiger partial charge is 0.244 e. The number of carbonyl (C=O) groups is 1. The minimum Gasteiger partial charge on any atom is -0.346 e. The zero-order chi connectivity index (χ0) is 15.2. The number of aryl methyl sites for hydroxylation is 2. The van der Waals surface area contributed by atoms with Gasteiger partial charge in [-0.1, -0.05) is 59.7 Å². The normalized spacial score (nSPS) is 12.3. The number of benzene rings is 2. The van der Waals surface area contributed by atoms with Gasteiger partial charge in [0.15, 0.2) is 0 Å². The molecule has 1 unspecified atom stereocenters. The first-order valence-corrected chi connectivity index (χ1v) is 7.16. The summed E-state index contributed by atoms with van der Waals surface area (Å²) in [6.45, 7) is 6.08. The van der Waals surface area contributed by atoms with Crippen LogP contribution >= 0.6 is 0 Å². The maximum Gasteiger partial charge on any atom is 0.244 e. The topological polar surface area (TPSA) is 29.1 Å². The maximum absolute atomic E-state index is 12.0. The van der Waals surface area contributed by atoms with E-state index in [4.69, 9.17) is 0 Å². The predicted molar refractivity (Wildman–Crippen MR) is 87.9 cm³/mol. The Morgan fingerprint density at radius 2 is 1.71 bits per heavy atom. The van der Waals surface area contributed by atoms with E-state index in [0.717, 1.165) is 11.1 Å². The summed E-state index contributed by atoms with van der Waals surface area (Å²) in [4.78, 5) is 12.0. The number of hydrogen-bond donors (Lipinski definition) is 1. The van der Waals surface area contributed by atoms with Gasteiger partial charge >= 0.3 is 0 Å². The third-order valence-corrected chi connectivity index (χ3v) is 3.37. The molecule has 0 fully saturated rings. The molecule has 0 spiro atoms. The second kappa shape index (κ2) is 6.89. The van der Waals surface area contributed by atoms with Crippen LogP contribution in [-0.4, -0.2) is 5.91 Å². The molecule has 0 aliphatic rings. The molecule has 108 valence electrons. The van der Waals surface area contributed by atoms with Crippen LogP contribution in [0.4, 0.5) is 0 Å². The lowest BCUT2D eigenvalue weighted by molar-refractivity contribution is -0.117. The molecule has 0 bridgehead atoms. The van der Waals surface area contributed by atoms with Crippen molar-refractivity contribution in [2.24, 2.45) is 0 Å². The Hall–Kier alpha value is -2.35. The SMILES string of the molecule is Cc1cccc(/C=C/C(=O)NC(C)c2cccc(C)c2)c1. The fourth-order valence-electron chi connectivity index (χ4n) is 2.23. The Morgan fingerprint density at radius 3 is 2.38 bits per heavy atom. The minimum absolute atomic E-state index is 0.000408. The highest BCUT2D eigenvalue weighted by atomic mass is 16.1. The molecule has 0 aliphatic heterocycles. The second-order valence-corrected chi connectivity index (χ2v) is 5.39. The van der Waals surface area contributed by atoms with Crippen LogP contribution in [0.25, 0.3) is 6.08 Å². The fraction of sp³-hybridized carbons (Fsp3) is 0.211. The molecule has 2 aromatic rings. The average Bonchev–Trinajstić information content (AvgIpc) is 2.45. The Balaban J connectivity index is 1.98. The number of nitrogens with one attached hydrogen (secondary N) is 1. The van der Waals surface area contributed by atoms with Crippen LogP contribution in [0.5, 0.6) is 0 Å². The molecule has 0 saturated heterocycles. The molecular weight excluding hydrogens is 258 g/mol. The molecule has 1 atom stereocenters. The van der Waals surface area contributed by atoms with Gasteiger partial charge in [-0.15, -0.1) is 0 Å². The predicted octanol–water partition coefficient (Wildman–Crippen LogP) is 4.19. The molecule has 0 radical (unpaired) electrons. The van der Waals surface area contributed by atoms with Gasteiger partial charge < -0.3 is 5.32 Å². The summed E-state index contributed by atoms with van der Waals surface area (Å²) in [5.41, 5.74) is 4.54. The molecule has 0 aliphatic carbocycles. The van der Waals surface area contributed by atoms with Gasteiger partial charge in [0.25, 0.3) is 0 Å². The highest BCUT2D eigenvalue weighted by Crippen LogP contribution is 2.13. The van der Waals surface area contributed by atoms with Crippen molar-refractivity contribution in [2.45, 2.75) is 26.8 Å². The van der Waals surface area contributed by atoms with E-state index in [1.807, 2.05) is 56.3 Å². The Morgan fingerprint density at radius 1 is 1.05 bits per heavy atom. The maximum atomic E-state index is 12.0. The highest BCUT2D eigenvalue weighted by Gasteiger charge is 2.07. The zero-order valence-electron chi connectivity index (χ0n) is 12.8. The quantitative estimate of drug-likeness (QED) is 0.835. The highest BCUT2D eigenvalue weighted by molar-refractivity contribution is 5.92. The van der Waals surface area contributed by atoms with Gasteiger partial charge in [-0.05, 0) is 38.0 Å². The summed E-state index contributed by atoms with van der Waals surface area (Å²) < 4.78 is 0. The van der Waals surface area contributed by atoms with Crippen LogP contribution in [-0.2, 0) is 4.79 Å². The number of hydrogen-bond acceptors (Lipinski definition) is 1. The number of rotatable bonds is 4. The first-order valence-electron chi connectivity index (χ1n) is 7.16. The Kier molecular flexibility index (Phi) is 4.94. The Labute approximate surface area is 126 Å². The summed E-state index contributed by atoms with van der Waals surface area (Å²) in [7, 11) is 0. The largest absolute Gasteiger partial charge is 0.346 e. The van der Waals surface area contributed by atoms with Crippen LogP contribution < -0.4 is 5.32 Å². The minimum atomic E-state index is -0.0782. The van der Waals surface area contributed by atoms with Crippen molar-refractivity contribution in [1.29, 1.82) is 0 Å². The summed E-state index contributed by atoms with van der Waals surface area (Å²) in [5, 5.41) is 2.98. The van der Waals surface area contributed by atoms with Gasteiger partial charge in [-0.3, -0.25) is 4.79 Å². The van der Waals surface area contributed by atoms with Crippen molar-refractivity contribution in [3.8, 4) is 0 Å². The first kappa shape index (κ1) is 15.0. The van der Waals surface area contributed by atoms with Crippen molar-refractivity contribution < 1.29 is 4.79 Å². The summed E-state index contributed by atoms with van der Waals surface area (Å²) in [5.74, 6) is -0.0782. The van der Waals surface area contributed by atoms with E-state index < -0.39 is 0 Å². The molecule has 2 nitrogen and oxygen atoms in total. The van der Waals surface area contributed by atoms with Crippen molar-refractivity contribution in [3.05, 3.63) is 76.9 Å². The third-order valence-electron chi connectivity index (χ3n) is 3.37. The van der Waals surface area contributed by atoms with E-state index in [2.05, 4.69) is 24.4 Å². The van der Waals surface area contributed by atoms with E-state index in [1.54, 1.807) is 6.08 Å². The lowest BCUT2D eigenvalue weighted by atomic mass is 10.1. The van der Waals surface area contributed by atoms with Crippen LogP contribution in [0.1, 0.15) is 35.2 Å². The van der Waals surface area contributed by atoms with Crippen LogP contribution in [0, 0.1) is 13.8 Å². The molecule has 0 heterocycles. The standard InChI is InChI=1S/C19H21NO/c1-14-6-4-8-17(12-14)10-11-19(21)20-16(3)18-9-5-7-15(2)13-18/h4-13,16H,1-3H3,(H,20,21)/b11-10+. The third kappa shape index (κ3) is 4.60. The van der Waals surface area contributed by atoms with Crippen LogP contribution in [0.15, 0.2) is 54.6 Å². The molecule has 21 heavy (non-hydrogen) atoms. The molecule has 0 aromatic heterocycles. The number of carbonyl (C=O) groups excluding carboxylic acids is 1. The van der Waals surface area contributed by atoms with E-state index in [9.17, 15) is 4.79 Å². The summed E-state index contributed by atoms with van der Waals surface area (Å²) in [6.07, 6.45) is 3.42. The van der Waals surface area contributed by atoms with Gasteiger partial charge in [0.2, 0.25) is 5.91 Å². The molecule has 1 N–H and O–H groups in total. The van der Waals surface area contributed by atoms with Crippen molar-refractivity contribution in [3.63, 3.8) is 0 Å². The molecular formula is C19H21NO. The molecule has 1 amide bonds. The molecule has 2 rings (SSSR count). The van der Waals surface area contributed by atoms with Crippen molar-refractivity contribution >= 4 is 12.0 Å². The monoisotopic (exact) mass is 279 g/mol. The lowest BCUT2D eigenvalue weighted by Crippen LogP contribution is -2.24. The average molecular weight is 279 g/mol. The molecule has 0 saturated carbocycles. The Bertz CT molecular complexity index is 658. The fourth-order valence-corrected chi connectivity index (χ4v) is 2.23. The van der Waals surface area contributed by atoms with Gasteiger partial charge in [0.1, 0.15) is 0 Å². The van der Waals surface area contributed by atoms with E-state index in [0.29, 0.717) is 0 Å². The van der Waals surface area contributed by atoms with E-state index in [-0.39, 0.29) is 11.9 Å². The van der Waals surface area contributed by atoms with Gasteiger partial charge in [0.05, 0.1) is 6.04 Å². The van der Waals surface area contributed by atoms with Crippen molar-refractivity contribution in [2.75, 3.05) is 0 Å². The lowest BCUT2D eigenvalue weighted by Gasteiger charge is -2.13. The van der Waals surface area contributed by atoms with Gasteiger partial charge in [0, 0.05) is 6.08 Å². The van der Waals surface area contributed by atoms with E-state index in [1.165, 1.54) is 11.1 Å². The first-order chi connectivity index (χ1) is 10.0. The summed E-state index contributed by atoms with van der Waals surface area (Å²) in [6, 6.07) is 16.2.